The molecule has 1 atom stereocenters. The largest absolute Gasteiger partial charge is 0.480 e. The molecule has 0 saturated carbocycles. The van der Waals surface area contributed by atoms with Crippen molar-refractivity contribution in [2.75, 3.05) is 6.54 Å². The number of carbonyl (C=O) groups is 1. The zero-order valence-electron chi connectivity index (χ0n) is 7.77. The fourth-order valence-corrected chi connectivity index (χ4v) is 1.79. The number of aromatic nitrogens is 1. The van der Waals surface area contributed by atoms with E-state index in [2.05, 4.69) is 4.98 Å². The van der Waals surface area contributed by atoms with Crippen LogP contribution in [-0.4, -0.2) is 27.9 Å². The van der Waals surface area contributed by atoms with E-state index in [9.17, 15) is 4.79 Å². The van der Waals surface area contributed by atoms with E-state index in [0.29, 0.717) is 18.2 Å². The second-order valence-corrected chi connectivity index (χ2v) is 3.93. The van der Waals surface area contributed by atoms with Crippen molar-refractivity contribution in [1.29, 1.82) is 0 Å². The number of carboxylic acids is 1. The lowest BCUT2D eigenvalue weighted by molar-refractivity contribution is -0.136. The average molecular weight is 216 g/mol. The molecule has 78 valence electrons. The summed E-state index contributed by atoms with van der Waals surface area (Å²) in [5, 5.41) is 8.62. The number of aliphatic carboxylic acids is 1. The Morgan fingerprint density at radius 3 is 3.00 bits per heavy atom. The molecule has 1 rings (SSSR count). The molecule has 0 spiro atoms. The highest BCUT2D eigenvalue weighted by Gasteiger charge is 2.20. The minimum absolute atomic E-state index is 0.337. The van der Waals surface area contributed by atoms with Gasteiger partial charge in [-0.1, -0.05) is 11.8 Å². The van der Waals surface area contributed by atoms with E-state index < -0.39 is 11.2 Å². The van der Waals surface area contributed by atoms with Gasteiger partial charge in [-0.05, 0) is 19.9 Å². The zero-order valence-corrected chi connectivity index (χ0v) is 8.58. The van der Waals surface area contributed by atoms with Crippen LogP contribution in [0.25, 0.3) is 0 Å². The molecular formula is C8H12N2O3S. The predicted molar refractivity (Wildman–Crippen MR) is 52.2 cm³/mol. The molecule has 0 aromatic carbocycles. The topological polar surface area (TPSA) is 89.3 Å². The van der Waals surface area contributed by atoms with Crippen LogP contribution in [0.5, 0.6) is 0 Å². The number of hydrogen-bond donors (Lipinski definition) is 2. The summed E-state index contributed by atoms with van der Waals surface area (Å²) < 4.78 is 5.04. The summed E-state index contributed by atoms with van der Waals surface area (Å²) in [4.78, 5) is 14.8. The molecule has 1 aromatic rings. The maximum atomic E-state index is 10.8. The first-order chi connectivity index (χ1) is 6.63. The van der Waals surface area contributed by atoms with Crippen LogP contribution < -0.4 is 5.73 Å². The van der Waals surface area contributed by atoms with Gasteiger partial charge in [0.1, 0.15) is 11.5 Å². The summed E-state index contributed by atoms with van der Waals surface area (Å²) >= 11 is 1.08. The van der Waals surface area contributed by atoms with Crippen LogP contribution in [-0.2, 0) is 4.79 Å². The summed E-state index contributed by atoms with van der Waals surface area (Å²) in [5.41, 5.74) is 6.04. The number of carboxylic acid groups (broad SMARTS) is 1. The molecule has 0 amide bonds. The molecule has 0 bridgehead atoms. The number of oxazole rings is 1. The molecule has 3 N–H and O–H groups in total. The maximum absolute atomic E-state index is 10.8. The molecule has 1 aromatic heterocycles. The van der Waals surface area contributed by atoms with Crippen molar-refractivity contribution in [1.82, 2.24) is 4.98 Å². The number of hydrogen-bond acceptors (Lipinski definition) is 5. The van der Waals surface area contributed by atoms with Crippen molar-refractivity contribution in [3.8, 4) is 0 Å². The van der Waals surface area contributed by atoms with Crippen molar-refractivity contribution in [3.63, 3.8) is 0 Å². The van der Waals surface area contributed by atoms with Gasteiger partial charge in [0.15, 0.2) is 0 Å². The second-order valence-electron chi connectivity index (χ2n) is 2.78. The smallest absolute Gasteiger partial charge is 0.317 e. The average Bonchev–Trinajstić information content (AvgIpc) is 2.50. The van der Waals surface area contributed by atoms with Gasteiger partial charge in [-0.25, -0.2) is 4.98 Å². The highest BCUT2D eigenvalue weighted by Crippen LogP contribution is 2.24. The summed E-state index contributed by atoms with van der Waals surface area (Å²) in [6.07, 6.45) is 1.89. The van der Waals surface area contributed by atoms with Crippen molar-refractivity contribution in [2.45, 2.75) is 23.8 Å². The molecule has 0 saturated heterocycles. The Morgan fingerprint density at radius 1 is 1.86 bits per heavy atom. The van der Waals surface area contributed by atoms with E-state index >= 15 is 0 Å². The number of aryl methyl sites for hydroxylation is 1. The molecule has 5 nitrogen and oxygen atoms in total. The Labute approximate surface area is 85.7 Å². The van der Waals surface area contributed by atoms with Gasteiger partial charge in [-0.3, -0.25) is 4.79 Å². The molecule has 6 heteroatoms. The molecule has 0 aliphatic carbocycles. The maximum Gasteiger partial charge on any atom is 0.317 e. The summed E-state index contributed by atoms with van der Waals surface area (Å²) in [6, 6.07) is 0. The predicted octanol–water partition coefficient (Wildman–Crippen LogP) is 0.877. The first-order valence-electron chi connectivity index (χ1n) is 4.15. The molecule has 14 heavy (non-hydrogen) atoms. The lowest BCUT2D eigenvalue weighted by Crippen LogP contribution is -2.20. The molecular weight excluding hydrogens is 204 g/mol. The van der Waals surface area contributed by atoms with Crippen LogP contribution in [0.1, 0.15) is 12.1 Å². The zero-order chi connectivity index (χ0) is 10.6. The van der Waals surface area contributed by atoms with E-state index in [1.807, 2.05) is 0 Å². The second kappa shape index (κ2) is 5.02. The minimum Gasteiger partial charge on any atom is -0.480 e. The van der Waals surface area contributed by atoms with E-state index in [4.69, 9.17) is 15.3 Å². The standard InChI is InChI=1S/C8H12N2O3S/c1-5-4-13-8(10-5)14-6(2-3-9)7(11)12/h4,6H,2-3,9H2,1H3,(H,11,12). The van der Waals surface area contributed by atoms with Gasteiger partial charge in [0.25, 0.3) is 5.22 Å². The molecule has 0 fully saturated rings. The SMILES string of the molecule is Cc1coc(SC(CCN)C(=O)O)n1. The first kappa shape index (κ1) is 11.1. The van der Waals surface area contributed by atoms with E-state index in [-0.39, 0.29) is 0 Å². The summed E-state index contributed by atoms with van der Waals surface area (Å²) in [5.74, 6) is -0.892. The van der Waals surface area contributed by atoms with Gasteiger partial charge >= 0.3 is 5.97 Å². The normalized spacial score (nSPS) is 12.7. The highest BCUT2D eigenvalue weighted by molar-refractivity contribution is 8.00. The molecule has 0 aliphatic rings. The fourth-order valence-electron chi connectivity index (χ4n) is 0.892. The fraction of sp³-hybridized carbons (Fsp3) is 0.500. The number of thioether (sulfide) groups is 1. The van der Waals surface area contributed by atoms with Crippen molar-refractivity contribution in [2.24, 2.45) is 5.73 Å². The number of nitrogens with zero attached hydrogens (tertiary/aromatic N) is 1. The van der Waals surface area contributed by atoms with Gasteiger partial charge in [0.05, 0.1) is 5.69 Å². The Morgan fingerprint density at radius 2 is 2.57 bits per heavy atom. The highest BCUT2D eigenvalue weighted by atomic mass is 32.2. The third kappa shape index (κ3) is 3.04. The molecule has 1 heterocycles. The monoisotopic (exact) mass is 216 g/mol. The van der Waals surface area contributed by atoms with Crippen LogP contribution in [0.2, 0.25) is 0 Å². The van der Waals surface area contributed by atoms with Crippen molar-refractivity contribution >= 4 is 17.7 Å². The minimum atomic E-state index is -0.892. The van der Waals surface area contributed by atoms with Crippen LogP contribution in [0.15, 0.2) is 15.9 Å². The Balaban J connectivity index is 2.59. The number of nitrogens with two attached hydrogens (primary N) is 1. The Bertz CT molecular complexity index is 313. The lowest BCUT2D eigenvalue weighted by Gasteiger charge is -2.06. The van der Waals surface area contributed by atoms with E-state index in [0.717, 1.165) is 17.5 Å². The van der Waals surface area contributed by atoms with E-state index in [1.54, 1.807) is 6.92 Å². The summed E-state index contributed by atoms with van der Waals surface area (Å²) in [6.45, 7) is 2.12. The van der Waals surface area contributed by atoms with Crippen LogP contribution in [0, 0.1) is 6.92 Å². The van der Waals surface area contributed by atoms with Crippen molar-refractivity contribution < 1.29 is 14.3 Å². The van der Waals surface area contributed by atoms with Gasteiger partial charge in [0.2, 0.25) is 0 Å². The van der Waals surface area contributed by atoms with Gasteiger partial charge in [0, 0.05) is 0 Å². The Kier molecular flexibility index (Phi) is 3.97. The van der Waals surface area contributed by atoms with Gasteiger partial charge in [-0.2, -0.15) is 0 Å². The third-order valence-corrected chi connectivity index (χ3v) is 2.66. The lowest BCUT2D eigenvalue weighted by atomic mass is 10.3. The van der Waals surface area contributed by atoms with E-state index in [1.165, 1.54) is 6.26 Å². The summed E-state index contributed by atoms with van der Waals surface area (Å²) in [7, 11) is 0. The number of rotatable bonds is 5. The van der Waals surface area contributed by atoms with Crippen molar-refractivity contribution in [3.05, 3.63) is 12.0 Å². The quantitative estimate of drug-likeness (QED) is 0.710. The molecule has 1 unspecified atom stereocenters. The van der Waals surface area contributed by atoms with Gasteiger partial charge < -0.3 is 15.3 Å². The van der Waals surface area contributed by atoms with Crippen LogP contribution >= 0.6 is 11.8 Å². The Hall–Kier alpha value is -1.01. The molecule has 0 aliphatic heterocycles. The third-order valence-electron chi connectivity index (χ3n) is 1.55. The first-order valence-corrected chi connectivity index (χ1v) is 5.03. The van der Waals surface area contributed by atoms with Crippen LogP contribution in [0.4, 0.5) is 0 Å². The molecule has 0 radical (unpaired) electrons. The van der Waals surface area contributed by atoms with Crippen LogP contribution in [0.3, 0.4) is 0 Å². The van der Waals surface area contributed by atoms with Gasteiger partial charge in [-0.15, -0.1) is 0 Å².